The number of non-ortho nitro benzene ring substituents is 1. The lowest BCUT2D eigenvalue weighted by Crippen LogP contribution is -2.45. The monoisotopic (exact) mass is 345 g/mol. The van der Waals surface area contributed by atoms with Crippen LogP contribution in [0.15, 0.2) is 48.5 Å². The minimum atomic E-state index is -1.46. The van der Waals surface area contributed by atoms with E-state index >= 15 is 0 Å². The first-order valence-electron chi connectivity index (χ1n) is 7.60. The van der Waals surface area contributed by atoms with E-state index in [-0.39, 0.29) is 11.4 Å². The highest BCUT2D eigenvalue weighted by Crippen LogP contribution is 2.36. The van der Waals surface area contributed by atoms with Crippen molar-refractivity contribution in [3.8, 4) is 0 Å². The molecule has 0 unspecified atom stereocenters. The van der Waals surface area contributed by atoms with Crippen molar-refractivity contribution in [1.82, 2.24) is 5.06 Å². The summed E-state index contributed by atoms with van der Waals surface area (Å²) in [5.74, 6) is -0.425. The van der Waals surface area contributed by atoms with Gasteiger partial charge < -0.3 is 10.4 Å². The first kappa shape index (κ1) is 17.0. The summed E-state index contributed by atoms with van der Waals surface area (Å²) >= 11 is 0. The van der Waals surface area contributed by atoms with E-state index in [4.69, 9.17) is 0 Å². The van der Waals surface area contributed by atoms with Gasteiger partial charge >= 0.3 is 0 Å². The summed E-state index contributed by atoms with van der Waals surface area (Å²) in [6.07, 6.45) is 0. The Morgan fingerprint density at radius 1 is 1.20 bits per heavy atom. The molecule has 130 valence electrons. The fourth-order valence-corrected chi connectivity index (χ4v) is 3.12. The number of hydroxylamine groups is 3. The first-order valence-corrected chi connectivity index (χ1v) is 7.60. The Morgan fingerprint density at radius 2 is 1.76 bits per heavy atom. The van der Waals surface area contributed by atoms with Crippen molar-refractivity contribution in [2.24, 2.45) is 0 Å². The quantitative estimate of drug-likeness (QED) is 0.399. The summed E-state index contributed by atoms with van der Waals surface area (Å²) < 4.78 is 13.8. The standard InChI is InChI=1S/C17H16FN3O4/c1-11-16(12-3-7-14(18)8-4-12)20(23)17(2,19(11)22)13-5-9-15(10-6-13)21(24)25/h3-11,22H,1-2H3/t11-,17-/m0/s1. The summed E-state index contributed by atoms with van der Waals surface area (Å²) in [4.78, 5) is 10.3. The second-order valence-electron chi connectivity index (χ2n) is 6.03. The lowest BCUT2D eigenvalue weighted by Gasteiger charge is -2.29. The summed E-state index contributed by atoms with van der Waals surface area (Å²) in [5.41, 5.74) is -0.391. The van der Waals surface area contributed by atoms with E-state index in [0.29, 0.717) is 15.9 Å². The highest BCUT2D eigenvalue weighted by Gasteiger charge is 2.54. The minimum absolute atomic E-state index is 0.108. The molecule has 0 aliphatic carbocycles. The highest BCUT2D eigenvalue weighted by molar-refractivity contribution is 6.01. The Balaban J connectivity index is 2.11. The molecule has 2 aromatic rings. The van der Waals surface area contributed by atoms with Crippen LogP contribution in [0.3, 0.4) is 0 Å². The average molecular weight is 345 g/mol. The van der Waals surface area contributed by atoms with Gasteiger partial charge in [0.2, 0.25) is 5.71 Å². The van der Waals surface area contributed by atoms with Crippen molar-refractivity contribution in [1.29, 1.82) is 0 Å². The lowest BCUT2D eigenvalue weighted by atomic mass is 10.0. The number of hydrogen-bond acceptors (Lipinski definition) is 5. The average Bonchev–Trinajstić information content (AvgIpc) is 2.78. The van der Waals surface area contributed by atoms with Crippen LogP contribution in [0.5, 0.6) is 0 Å². The summed E-state index contributed by atoms with van der Waals surface area (Å²) in [5, 5.41) is 35.3. The van der Waals surface area contributed by atoms with Gasteiger partial charge in [0, 0.05) is 30.2 Å². The molecule has 0 fully saturated rings. The number of halogens is 1. The number of hydrogen-bond donors (Lipinski definition) is 1. The first-order chi connectivity index (χ1) is 11.8. The second kappa shape index (κ2) is 5.91. The molecule has 8 heteroatoms. The predicted octanol–water partition coefficient (Wildman–Crippen LogP) is 3.00. The van der Waals surface area contributed by atoms with Crippen LogP contribution in [0.25, 0.3) is 0 Å². The van der Waals surface area contributed by atoms with Crippen LogP contribution >= 0.6 is 0 Å². The zero-order valence-corrected chi connectivity index (χ0v) is 13.6. The molecule has 0 spiro atoms. The molecule has 2 atom stereocenters. The van der Waals surface area contributed by atoms with Crippen molar-refractivity contribution in [2.75, 3.05) is 0 Å². The van der Waals surface area contributed by atoms with Crippen LogP contribution in [-0.2, 0) is 5.66 Å². The van der Waals surface area contributed by atoms with Crippen LogP contribution in [0.2, 0.25) is 0 Å². The Labute approximate surface area is 142 Å². The fraction of sp³-hybridized carbons (Fsp3) is 0.235. The number of nitro groups is 1. The van der Waals surface area contributed by atoms with Gasteiger partial charge in [-0.15, -0.1) is 5.06 Å². The third-order valence-corrected chi connectivity index (χ3v) is 4.59. The number of rotatable bonds is 3. The SMILES string of the molecule is C[C@H]1C(c2ccc(F)cc2)=[N+]([O-])[C@@](C)(c2ccc([N+](=O)[O-])cc2)N1O. The summed E-state index contributed by atoms with van der Waals surface area (Å²) in [7, 11) is 0. The van der Waals surface area contributed by atoms with Crippen molar-refractivity contribution < 1.29 is 19.3 Å². The van der Waals surface area contributed by atoms with Gasteiger partial charge in [0.15, 0.2) is 0 Å². The predicted molar refractivity (Wildman–Crippen MR) is 87.7 cm³/mol. The topological polar surface area (TPSA) is 92.7 Å². The van der Waals surface area contributed by atoms with E-state index in [2.05, 4.69) is 0 Å². The Morgan fingerprint density at radius 3 is 2.28 bits per heavy atom. The van der Waals surface area contributed by atoms with E-state index in [9.17, 15) is 24.9 Å². The molecule has 7 nitrogen and oxygen atoms in total. The maximum Gasteiger partial charge on any atom is 0.274 e. The molecule has 0 aromatic heterocycles. The summed E-state index contributed by atoms with van der Waals surface area (Å²) in [6.45, 7) is 3.18. The Hall–Kier alpha value is -2.84. The third-order valence-electron chi connectivity index (χ3n) is 4.59. The molecule has 0 saturated carbocycles. The van der Waals surface area contributed by atoms with Crippen molar-refractivity contribution in [3.05, 3.63) is 80.8 Å². The Bertz CT molecular complexity index is 851. The minimum Gasteiger partial charge on any atom is -0.622 e. The molecule has 1 heterocycles. The molecule has 0 saturated heterocycles. The Kier molecular flexibility index (Phi) is 4.02. The van der Waals surface area contributed by atoms with Crippen molar-refractivity contribution in [2.45, 2.75) is 25.6 Å². The molecule has 1 N–H and O–H groups in total. The normalized spacial score (nSPS) is 23.9. The molecule has 25 heavy (non-hydrogen) atoms. The van der Waals surface area contributed by atoms with Crippen LogP contribution in [0.1, 0.15) is 25.0 Å². The zero-order valence-electron chi connectivity index (χ0n) is 13.6. The molecule has 1 aliphatic rings. The van der Waals surface area contributed by atoms with Gasteiger partial charge in [-0.3, -0.25) is 10.1 Å². The van der Waals surface area contributed by atoms with E-state index in [0.717, 1.165) is 5.06 Å². The van der Waals surface area contributed by atoms with E-state index < -0.39 is 22.4 Å². The van der Waals surface area contributed by atoms with Crippen LogP contribution < -0.4 is 0 Å². The number of benzene rings is 2. The van der Waals surface area contributed by atoms with E-state index in [1.165, 1.54) is 55.5 Å². The van der Waals surface area contributed by atoms with Gasteiger partial charge in [-0.25, -0.2) is 4.39 Å². The molecule has 3 rings (SSSR count). The van der Waals surface area contributed by atoms with Gasteiger partial charge in [0.25, 0.3) is 11.4 Å². The zero-order chi connectivity index (χ0) is 18.4. The van der Waals surface area contributed by atoms with Gasteiger partial charge in [-0.2, -0.15) is 4.74 Å². The lowest BCUT2D eigenvalue weighted by molar-refractivity contribution is -0.595. The van der Waals surface area contributed by atoms with Crippen molar-refractivity contribution in [3.63, 3.8) is 0 Å². The van der Waals surface area contributed by atoms with E-state index in [1.807, 2.05) is 0 Å². The van der Waals surface area contributed by atoms with E-state index in [1.54, 1.807) is 6.92 Å². The number of nitrogens with zero attached hydrogens (tertiary/aromatic N) is 3. The van der Waals surface area contributed by atoms with Crippen LogP contribution in [0, 0.1) is 21.1 Å². The summed E-state index contributed by atoms with van der Waals surface area (Å²) in [6, 6.07) is 10.2. The largest absolute Gasteiger partial charge is 0.622 e. The van der Waals surface area contributed by atoms with Crippen molar-refractivity contribution >= 4 is 11.4 Å². The van der Waals surface area contributed by atoms with Gasteiger partial charge in [-0.05, 0) is 43.3 Å². The molecule has 0 radical (unpaired) electrons. The maximum atomic E-state index is 13.1. The van der Waals surface area contributed by atoms with Crippen LogP contribution in [0.4, 0.5) is 10.1 Å². The molecule has 2 aromatic carbocycles. The smallest absolute Gasteiger partial charge is 0.274 e. The second-order valence-corrected chi connectivity index (χ2v) is 6.03. The third kappa shape index (κ3) is 2.55. The van der Waals surface area contributed by atoms with Gasteiger partial charge in [0.05, 0.1) is 4.92 Å². The highest BCUT2D eigenvalue weighted by atomic mass is 19.1. The number of nitro benzene ring substituents is 1. The molecule has 0 amide bonds. The molecular weight excluding hydrogens is 329 g/mol. The fourth-order valence-electron chi connectivity index (χ4n) is 3.12. The molecular formula is C17H16FN3O4. The van der Waals surface area contributed by atoms with Crippen LogP contribution in [-0.4, -0.2) is 31.7 Å². The van der Waals surface area contributed by atoms with Gasteiger partial charge in [-0.1, -0.05) is 0 Å². The molecule has 0 bridgehead atoms. The maximum absolute atomic E-state index is 13.1. The van der Waals surface area contributed by atoms with Gasteiger partial charge in [0.1, 0.15) is 11.9 Å². The molecule has 1 aliphatic heterocycles.